The standard InChI is InChI=1S/C19H13N3O/c23-19-18-15(11-12-20-19)21-16(13-7-3-1-4-8-13)17(22-18)14-9-5-2-6-10-14/h1-12H,(H,20,23). The van der Waals surface area contributed by atoms with Crippen LogP contribution >= 0.6 is 0 Å². The van der Waals surface area contributed by atoms with E-state index in [0.29, 0.717) is 16.7 Å². The predicted molar refractivity (Wildman–Crippen MR) is 91.0 cm³/mol. The fraction of sp³-hybridized carbons (Fsp3) is 0. The Morgan fingerprint density at radius 2 is 1.26 bits per heavy atom. The number of aromatic amines is 1. The average Bonchev–Trinajstić information content (AvgIpc) is 2.63. The first kappa shape index (κ1) is 13.4. The van der Waals surface area contributed by atoms with Crippen molar-refractivity contribution in [1.82, 2.24) is 15.0 Å². The molecule has 0 amide bonds. The SMILES string of the molecule is O=c1[nH]ccc2nc(-c3ccccc3)c(-c3ccccc3)nc12. The zero-order valence-corrected chi connectivity index (χ0v) is 12.2. The lowest BCUT2D eigenvalue weighted by atomic mass is 10.0. The third-order valence-corrected chi connectivity index (χ3v) is 3.69. The van der Waals surface area contributed by atoms with Gasteiger partial charge in [-0.3, -0.25) is 4.79 Å². The van der Waals surface area contributed by atoms with Crippen molar-refractivity contribution in [3.63, 3.8) is 0 Å². The van der Waals surface area contributed by atoms with E-state index < -0.39 is 0 Å². The van der Waals surface area contributed by atoms with Crippen LogP contribution in [0.3, 0.4) is 0 Å². The van der Waals surface area contributed by atoms with Crippen LogP contribution in [0.5, 0.6) is 0 Å². The molecule has 0 fully saturated rings. The molecule has 0 saturated carbocycles. The second-order valence-corrected chi connectivity index (χ2v) is 5.19. The lowest BCUT2D eigenvalue weighted by molar-refractivity contribution is 1.20. The first-order valence-electron chi connectivity index (χ1n) is 7.33. The van der Waals surface area contributed by atoms with Gasteiger partial charge in [0.05, 0.1) is 16.9 Å². The van der Waals surface area contributed by atoms with Crippen LogP contribution in [-0.2, 0) is 0 Å². The first-order chi connectivity index (χ1) is 11.3. The van der Waals surface area contributed by atoms with E-state index in [0.717, 1.165) is 16.8 Å². The van der Waals surface area contributed by atoms with Gasteiger partial charge in [0.2, 0.25) is 0 Å². The average molecular weight is 299 g/mol. The molecule has 1 N–H and O–H groups in total. The van der Waals surface area contributed by atoms with Crippen LogP contribution in [0.2, 0.25) is 0 Å². The Morgan fingerprint density at radius 3 is 1.87 bits per heavy atom. The molecule has 110 valence electrons. The van der Waals surface area contributed by atoms with Crippen molar-refractivity contribution in [1.29, 1.82) is 0 Å². The zero-order chi connectivity index (χ0) is 15.6. The maximum absolute atomic E-state index is 12.1. The van der Waals surface area contributed by atoms with Crippen LogP contribution in [0.4, 0.5) is 0 Å². The summed E-state index contributed by atoms with van der Waals surface area (Å²) in [6.45, 7) is 0. The lowest BCUT2D eigenvalue weighted by Crippen LogP contribution is -2.09. The summed E-state index contributed by atoms with van der Waals surface area (Å²) in [5, 5.41) is 0. The Bertz CT molecular complexity index is 1020. The predicted octanol–water partition coefficient (Wildman–Crippen LogP) is 3.65. The Morgan fingerprint density at radius 1 is 0.696 bits per heavy atom. The van der Waals surface area contributed by atoms with Crippen molar-refractivity contribution in [2.45, 2.75) is 0 Å². The van der Waals surface area contributed by atoms with Crippen molar-refractivity contribution in [3.05, 3.63) is 83.3 Å². The number of H-pyrrole nitrogens is 1. The van der Waals surface area contributed by atoms with E-state index in [9.17, 15) is 4.79 Å². The van der Waals surface area contributed by atoms with Crippen LogP contribution in [0.25, 0.3) is 33.5 Å². The van der Waals surface area contributed by atoms with Gasteiger partial charge < -0.3 is 4.98 Å². The highest BCUT2D eigenvalue weighted by atomic mass is 16.1. The summed E-state index contributed by atoms with van der Waals surface area (Å²) in [6, 6.07) is 21.4. The van der Waals surface area contributed by atoms with Gasteiger partial charge in [0, 0.05) is 17.3 Å². The summed E-state index contributed by atoms with van der Waals surface area (Å²) in [7, 11) is 0. The van der Waals surface area contributed by atoms with E-state index in [2.05, 4.69) is 9.97 Å². The van der Waals surface area contributed by atoms with Crippen molar-refractivity contribution < 1.29 is 0 Å². The maximum Gasteiger partial charge on any atom is 0.276 e. The second-order valence-electron chi connectivity index (χ2n) is 5.19. The third-order valence-electron chi connectivity index (χ3n) is 3.69. The molecule has 0 saturated heterocycles. The summed E-state index contributed by atoms with van der Waals surface area (Å²) in [4.78, 5) is 24.0. The van der Waals surface area contributed by atoms with Crippen LogP contribution < -0.4 is 5.56 Å². The molecule has 2 aromatic heterocycles. The van der Waals surface area contributed by atoms with Gasteiger partial charge in [-0.1, -0.05) is 60.7 Å². The highest BCUT2D eigenvalue weighted by Gasteiger charge is 2.14. The van der Waals surface area contributed by atoms with E-state index >= 15 is 0 Å². The fourth-order valence-corrected chi connectivity index (χ4v) is 2.59. The minimum atomic E-state index is -0.230. The summed E-state index contributed by atoms with van der Waals surface area (Å²) < 4.78 is 0. The highest BCUT2D eigenvalue weighted by Crippen LogP contribution is 2.29. The number of fused-ring (bicyclic) bond motifs is 1. The third kappa shape index (κ3) is 2.40. The first-order valence-corrected chi connectivity index (χ1v) is 7.33. The van der Waals surface area contributed by atoms with Crippen molar-refractivity contribution in [3.8, 4) is 22.5 Å². The molecule has 4 heteroatoms. The lowest BCUT2D eigenvalue weighted by Gasteiger charge is -2.10. The summed E-state index contributed by atoms with van der Waals surface area (Å²) >= 11 is 0. The summed E-state index contributed by atoms with van der Waals surface area (Å²) in [5.74, 6) is 0. The van der Waals surface area contributed by atoms with Crippen LogP contribution in [0.15, 0.2) is 77.7 Å². The molecule has 2 aromatic carbocycles. The largest absolute Gasteiger partial charge is 0.327 e. The molecule has 0 bridgehead atoms. The number of aromatic nitrogens is 3. The topological polar surface area (TPSA) is 58.6 Å². The molecule has 4 aromatic rings. The van der Waals surface area contributed by atoms with Gasteiger partial charge in [0.15, 0.2) is 5.52 Å². The van der Waals surface area contributed by atoms with Crippen molar-refractivity contribution in [2.75, 3.05) is 0 Å². The van der Waals surface area contributed by atoms with E-state index in [1.807, 2.05) is 60.7 Å². The summed E-state index contributed by atoms with van der Waals surface area (Å²) in [5.41, 5.74) is 4.10. The number of nitrogens with zero attached hydrogens (tertiary/aromatic N) is 2. The van der Waals surface area contributed by atoms with E-state index in [-0.39, 0.29) is 5.56 Å². The van der Waals surface area contributed by atoms with Gasteiger partial charge in [-0.15, -0.1) is 0 Å². The van der Waals surface area contributed by atoms with E-state index in [1.165, 1.54) is 0 Å². The molecule has 0 unspecified atom stereocenters. The molecule has 0 aliphatic rings. The van der Waals surface area contributed by atoms with Gasteiger partial charge >= 0.3 is 0 Å². The Hall–Kier alpha value is -3.27. The van der Waals surface area contributed by atoms with Crippen LogP contribution in [0, 0.1) is 0 Å². The Kier molecular flexibility index (Phi) is 3.20. The van der Waals surface area contributed by atoms with Gasteiger partial charge in [0.25, 0.3) is 5.56 Å². The number of nitrogens with one attached hydrogen (secondary N) is 1. The molecule has 4 nitrogen and oxygen atoms in total. The maximum atomic E-state index is 12.1. The highest BCUT2D eigenvalue weighted by molar-refractivity contribution is 5.85. The smallest absolute Gasteiger partial charge is 0.276 e. The van der Waals surface area contributed by atoms with E-state index in [4.69, 9.17) is 4.98 Å². The molecule has 0 aliphatic carbocycles. The normalized spacial score (nSPS) is 10.8. The van der Waals surface area contributed by atoms with Gasteiger partial charge in [-0.05, 0) is 6.07 Å². The van der Waals surface area contributed by atoms with Gasteiger partial charge in [-0.2, -0.15) is 0 Å². The van der Waals surface area contributed by atoms with Crippen molar-refractivity contribution in [2.24, 2.45) is 0 Å². The molecule has 23 heavy (non-hydrogen) atoms. The van der Waals surface area contributed by atoms with Crippen LogP contribution in [-0.4, -0.2) is 15.0 Å². The monoisotopic (exact) mass is 299 g/mol. The van der Waals surface area contributed by atoms with Gasteiger partial charge in [0.1, 0.15) is 0 Å². The second kappa shape index (κ2) is 5.50. The Balaban J connectivity index is 2.09. The van der Waals surface area contributed by atoms with Crippen LogP contribution in [0.1, 0.15) is 0 Å². The molecule has 0 radical (unpaired) electrons. The quantitative estimate of drug-likeness (QED) is 0.614. The zero-order valence-electron chi connectivity index (χ0n) is 12.2. The number of hydrogen-bond acceptors (Lipinski definition) is 3. The minimum absolute atomic E-state index is 0.230. The molecular weight excluding hydrogens is 286 g/mol. The Labute approximate surface area is 132 Å². The summed E-state index contributed by atoms with van der Waals surface area (Å²) in [6.07, 6.45) is 1.59. The van der Waals surface area contributed by atoms with Gasteiger partial charge in [-0.25, -0.2) is 9.97 Å². The minimum Gasteiger partial charge on any atom is -0.327 e. The number of benzene rings is 2. The molecular formula is C19H13N3O. The number of rotatable bonds is 2. The molecule has 0 spiro atoms. The molecule has 0 atom stereocenters. The van der Waals surface area contributed by atoms with E-state index in [1.54, 1.807) is 12.3 Å². The van der Waals surface area contributed by atoms with Crippen molar-refractivity contribution >= 4 is 11.0 Å². The molecule has 0 aliphatic heterocycles. The number of hydrogen-bond donors (Lipinski definition) is 1. The molecule has 2 heterocycles. The number of pyridine rings is 1. The molecule has 4 rings (SSSR count). The fourth-order valence-electron chi connectivity index (χ4n) is 2.59.